The summed E-state index contributed by atoms with van der Waals surface area (Å²) in [5.41, 5.74) is 2.72. The minimum absolute atomic E-state index is 0. The van der Waals surface area contributed by atoms with E-state index in [0.29, 0.717) is 35.9 Å². The lowest BCUT2D eigenvalue weighted by molar-refractivity contribution is -0.138. The fourth-order valence-electron chi connectivity index (χ4n) is 2.98. The molecule has 0 unspecified atom stereocenters. The lowest BCUT2D eigenvalue weighted by atomic mass is 9.93. The van der Waals surface area contributed by atoms with Gasteiger partial charge < -0.3 is 5.32 Å². The third kappa shape index (κ3) is 8.99. The van der Waals surface area contributed by atoms with Gasteiger partial charge in [0.15, 0.2) is 0 Å². The van der Waals surface area contributed by atoms with Gasteiger partial charge in [-0.1, -0.05) is 50.3 Å². The van der Waals surface area contributed by atoms with Gasteiger partial charge in [-0.05, 0) is 47.5 Å². The second kappa shape index (κ2) is 11.9. The maximum absolute atomic E-state index is 12.8. The molecular formula is C25H25F6IN4. The molecule has 0 atom stereocenters. The summed E-state index contributed by atoms with van der Waals surface area (Å²) in [6.45, 7) is 5.41. The molecule has 0 saturated carbocycles. The van der Waals surface area contributed by atoms with Crippen LogP contribution in [0.15, 0.2) is 70.8 Å². The molecule has 2 aromatic carbocycles. The van der Waals surface area contributed by atoms with E-state index in [4.69, 9.17) is 0 Å². The van der Waals surface area contributed by atoms with Crippen LogP contribution in [0.3, 0.4) is 0 Å². The highest BCUT2D eigenvalue weighted by Gasteiger charge is 2.30. The molecule has 0 radical (unpaired) electrons. The zero-order valence-electron chi connectivity index (χ0n) is 19.4. The van der Waals surface area contributed by atoms with Crippen LogP contribution in [-0.2, 0) is 12.4 Å². The van der Waals surface area contributed by atoms with Gasteiger partial charge in [0.25, 0.3) is 0 Å². The number of aliphatic imine (C=N–C) groups is 1. The van der Waals surface area contributed by atoms with Crippen LogP contribution in [0.2, 0.25) is 0 Å². The molecule has 2 N–H and O–H groups in total. The molecule has 0 fully saturated rings. The fraction of sp³-hybridized carbons (Fsp3) is 0.280. The van der Waals surface area contributed by atoms with Crippen LogP contribution in [0.5, 0.6) is 0 Å². The minimum atomic E-state index is -4.43. The molecule has 36 heavy (non-hydrogen) atoms. The van der Waals surface area contributed by atoms with Crippen molar-refractivity contribution in [1.29, 1.82) is 0 Å². The molecule has 2 aromatic rings. The van der Waals surface area contributed by atoms with Gasteiger partial charge in [-0.25, -0.2) is 5.43 Å². The molecule has 1 aliphatic heterocycles. The Hall–Kier alpha value is -2.83. The largest absolute Gasteiger partial charge is 0.416 e. The van der Waals surface area contributed by atoms with Gasteiger partial charge in [-0.2, -0.15) is 31.4 Å². The first-order chi connectivity index (χ1) is 16.3. The van der Waals surface area contributed by atoms with Gasteiger partial charge in [0.1, 0.15) is 0 Å². The number of nitrogens with one attached hydrogen (secondary N) is 2. The van der Waals surface area contributed by atoms with E-state index in [1.807, 2.05) is 0 Å². The maximum atomic E-state index is 12.8. The molecule has 1 aliphatic rings. The Bertz CT molecular complexity index is 1060. The van der Waals surface area contributed by atoms with Gasteiger partial charge in [0.05, 0.1) is 16.8 Å². The number of allylic oxidation sites excluding steroid dienone is 2. The first kappa shape index (κ1) is 29.4. The number of alkyl halides is 6. The monoisotopic (exact) mass is 622 g/mol. The van der Waals surface area contributed by atoms with Crippen molar-refractivity contribution in [3.63, 3.8) is 0 Å². The van der Waals surface area contributed by atoms with E-state index < -0.39 is 23.5 Å². The first-order valence-corrected chi connectivity index (χ1v) is 10.6. The second-order valence-electron chi connectivity index (χ2n) is 8.74. The number of benzene rings is 2. The number of guanidine groups is 1. The Labute approximate surface area is 222 Å². The van der Waals surface area contributed by atoms with Gasteiger partial charge in [0, 0.05) is 18.5 Å². The van der Waals surface area contributed by atoms with Crippen LogP contribution in [-0.4, -0.2) is 24.8 Å². The molecular weight excluding hydrogens is 597 g/mol. The number of hydrogen-bond acceptors (Lipinski definition) is 4. The fourth-order valence-corrected chi connectivity index (χ4v) is 2.98. The summed E-state index contributed by atoms with van der Waals surface area (Å²) >= 11 is 0. The lowest BCUT2D eigenvalue weighted by Crippen LogP contribution is -2.46. The number of rotatable bonds is 5. The van der Waals surface area contributed by atoms with Crippen molar-refractivity contribution in [2.75, 3.05) is 13.1 Å². The number of nitrogens with zero attached hydrogens (tertiary/aromatic N) is 2. The van der Waals surface area contributed by atoms with Crippen molar-refractivity contribution < 1.29 is 26.3 Å². The van der Waals surface area contributed by atoms with Crippen molar-refractivity contribution in [2.24, 2.45) is 15.5 Å². The van der Waals surface area contributed by atoms with Crippen molar-refractivity contribution in [3.05, 3.63) is 82.9 Å². The Balaban J connectivity index is 0.00000456. The second-order valence-corrected chi connectivity index (χ2v) is 8.74. The summed E-state index contributed by atoms with van der Waals surface area (Å²) in [5.74, 6) is 0.465. The molecule has 0 amide bonds. The van der Waals surface area contributed by atoms with Crippen LogP contribution >= 0.6 is 24.0 Å². The van der Waals surface area contributed by atoms with Gasteiger partial charge in [-0.3, -0.25) is 4.99 Å². The van der Waals surface area contributed by atoms with E-state index in [-0.39, 0.29) is 29.4 Å². The Kier molecular flexibility index (Phi) is 9.75. The highest BCUT2D eigenvalue weighted by atomic mass is 127. The predicted molar refractivity (Wildman–Crippen MR) is 141 cm³/mol. The highest BCUT2D eigenvalue weighted by Crippen LogP contribution is 2.30. The molecule has 3 rings (SSSR count). The summed E-state index contributed by atoms with van der Waals surface area (Å²) in [6, 6.07) is 9.25. The topological polar surface area (TPSA) is 48.8 Å². The molecule has 0 bridgehead atoms. The third-order valence-corrected chi connectivity index (χ3v) is 5.06. The summed E-state index contributed by atoms with van der Waals surface area (Å²) in [7, 11) is 0. The van der Waals surface area contributed by atoms with Crippen LogP contribution in [0.4, 0.5) is 26.3 Å². The minimum Gasteiger partial charge on any atom is -0.354 e. The number of halogens is 7. The molecule has 194 valence electrons. The summed E-state index contributed by atoms with van der Waals surface area (Å²) in [6.07, 6.45) is -2.54. The molecule has 0 saturated heterocycles. The Morgan fingerprint density at radius 3 is 1.67 bits per heavy atom. The average molecular weight is 622 g/mol. The maximum Gasteiger partial charge on any atom is 0.416 e. The third-order valence-electron chi connectivity index (χ3n) is 5.06. The van der Waals surface area contributed by atoms with Crippen LogP contribution < -0.4 is 10.7 Å². The molecule has 11 heteroatoms. The zero-order chi connectivity index (χ0) is 25.7. The van der Waals surface area contributed by atoms with E-state index in [1.165, 1.54) is 24.3 Å². The van der Waals surface area contributed by atoms with Gasteiger partial charge >= 0.3 is 12.4 Å². The molecule has 1 heterocycles. The number of hydrogen-bond donors (Lipinski definition) is 2. The molecule has 0 aromatic heterocycles. The lowest BCUT2D eigenvalue weighted by Gasteiger charge is -2.28. The van der Waals surface area contributed by atoms with Crippen LogP contribution in [0, 0.1) is 5.41 Å². The summed E-state index contributed by atoms with van der Waals surface area (Å²) in [4.78, 5) is 4.38. The van der Waals surface area contributed by atoms with Crippen molar-refractivity contribution in [2.45, 2.75) is 26.2 Å². The average Bonchev–Trinajstić information content (AvgIpc) is 2.79. The zero-order valence-corrected chi connectivity index (χ0v) is 21.7. The van der Waals surface area contributed by atoms with E-state index in [2.05, 4.69) is 34.7 Å². The van der Waals surface area contributed by atoms with Gasteiger partial charge in [-0.15, -0.1) is 24.0 Å². The first-order valence-electron chi connectivity index (χ1n) is 10.6. The van der Waals surface area contributed by atoms with Crippen LogP contribution in [0.25, 0.3) is 12.2 Å². The smallest absolute Gasteiger partial charge is 0.354 e. The highest BCUT2D eigenvalue weighted by molar-refractivity contribution is 14.0. The predicted octanol–water partition coefficient (Wildman–Crippen LogP) is 7.00. The van der Waals surface area contributed by atoms with E-state index in [1.54, 1.807) is 24.3 Å². The van der Waals surface area contributed by atoms with Crippen LogP contribution in [0.1, 0.15) is 36.1 Å². The molecule has 0 spiro atoms. The van der Waals surface area contributed by atoms with Crippen molar-refractivity contribution in [3.8, 4) is 0 Å². The molecule has 4 nitrogen and oxygen atoms in total. The van der Waals surface area contributed by atoms with Crippen molar-refractivity contribution in [1.82, 2.24) is 10.7 Å². The van der Waals surface area contributed by atoms with Gasteiger partial charge in [0.2, 0.25) is 5.96 Å². The quantitative estimate of drug-likeness (QED) is 0.163. The summed E-state index contributed by atoms with van der Waals surface area (Å²) in [5, 5.41) is 7.40. The van der Waals surface area contributed by atoms with Crippen molar-refractivity contribution >= 4 is 47.8 Å². The normalized spacial score (nSPS) is 15.7. The van der Waals surface area contributed by atoms with E-state index in [9.17, 15) is 26.3 Å². The van der Waals surface area contributed by atoms with E-state index in [0.717, 1.165) is 24.3 Å². The number of hydrazone groups is 1. The molecule has 0 aliphatic carbocycles. The standard InChI is InChI=1S/C25H24F6N4.HI/c1-23(2)15-32-22(33-16-23)35-34-21(13-7-17-3-9-19(10-4-17)24(26,27)28)14-8-18-5-11-20(12-6-18)25(29,30)31;/h3-14H,15-16H2,1-2H3,(H2,32,33,35);1H. The SMILES string of the molecule is CC1(C)CN=C(NN=C(C=Cc2ccc(C(F)(F)F)cc2)C=Cc2ccc(C(F)(F)F)cc2)NC1.I. The van der Waals surface area contributed by atoms with E-state index >= 15 is 0 Å². The Morgan fingerprint density at radius 1 is 0.861 bits per heavy atom. The summed E-state index contributed by atoms with van der Waals surface area (Å²) < 4.78 is 76.7. The Morgan fingerprint density at radius 2 is 1.31 bits per heavy atom.